The second kappa shape index (κ2) is 8.92. The van der Waals surface area contributed by atoms with E-state index in [0.717, 1.165) is 0 Å². The van der Waals surface area contributed by atoms with Crippen LogP contribution in [0.5, 0.6) is 0 Å². The summed E-state index contributed by atoms with van der Waals surface area (Å²) in [6.07, 6.45) is 4.28. The molecule has 132 valence electrons. The zero-order chi connectivity index (χ0) is 18.4. The van der Waals surface area contributed by atoms with E-state index in [1.165, 1.54) is 36.3 Å². The van der Waals surface area contributed by atoms with Gasteiger partial charge in [-0.3, -0.25) is 9.98 Å². The maximum atomic E-state index is 14.3. The van der Waals surface area contributed by atoms with Crippen molar-refractivity contribution in [1.82, 2.24) is 9.97 Å². The van der Waals surface area contributed by atoms with Crippen LogP contribution in [0.3, 0.4) is 0 Å². The molecule has 8 heteroatoms. The minimum atomic E-state index is -0.582. The van der Waals surface area contributed by atoms with Crippen LogP contribution in [0.4, 0.5) is 8.78 Å². The molecule has 0 fully saturated rings. The first kappa shape index (κ1) is 19.3. The topological polar surface area (TPSA) is 64.2 Å². The fourth-order valence-electron chi connectivity index (χ4n) is 2.08. The maximum absolute atomic E-state index is 14.3. The number of rotatable bonds is 5. The molecule has 2 aromatic heterocycles. The number of amidine groups is 1. The molecule has 1 unspecified atom stereocenters. The van der Waals surface area contributed by atoms with E-state index in [4.69, 9.17) is 17.3 Å². The van der Waals surface area contributed by atoms with Gasteiger partial charge in [0.2, 0.25) is 5.95 Å². The Balaban J connectivity index is 2.20. The normalized spacial score (nSPS) is 13.8. The third-order valence-electron chi connectivity index (χ3n) is 3.25. The summed E-state index contributed by atoms with van der Waals surface area (Å²) in [4.78, 5) is 11.5. The molecule has 0 bridgehead atoms. The quantitative estimate of drug-likeness (QED) is 0.474. The van der Waals surface area contributed by atoms with Crippen LogP contribution in [-0.2, 0) is 6.42 Å². The average molecular weight is 383 g/mol. The Kier molecular flexibility index (Phi) is 6.90. The predicted molar refractivity (Wildman–Crippen MR) is 101 cm³/mol. The van der Waals surface area contributed by atoms with E-state index in [1.54, 1.807) is 19.2 Å². The lowest BCUT2D eigenvalue weighted by Gasteiger charge is -2.11. The van der Waals surface area contributed by atoms with Crippen LogP contribution in [0.2, 0.25) is 5.02 Å². The number of pyridine rings is 2. The molecule has 0 aliphatic rings. The Hall–Kier alpha value is -1.99. The Labute approximate surface area is 154 Å². The Morgan fingerprint density at radius 3 is 2.80 bits per heavy atom. The lowest BCUT2D eigenvalue weighted by molar-refractivity contribution is 0.565. The van der Waals surface area contributed by atoms with Crippen molar-refractivity contribution in [3.05, 3.63) is 58.4 Å². The largest absolute Gasteiger partial charge is 0.379 e. The molecule has 0 saturated heterocycles. The third kappa shape index (κ3) is 5.79. The highest BCUT2D eigenvalue weighted by Gasteiger charge is 2.12. The molecule has 25 heavy (non-hydrogen) atoms. The molecule has 2 rings (SSSR count). The monoisotopic (exact) mass is 382 g/mol. The van der Waals surface area contributed by atoms with Crippen LogP contribution in [0.25, 0.3) is 11.9 Å². The molecule has 4 nitrogen and oxygen atoms in total. The first-order chi connectivity index (χ1) is 11.9. The molecule has 2 N–H and O–H groups in total. The van der Waals surface area contributed by atoms with E-state index in [-0.39, 0.29) is 10.9 Å². The van der Waals surface area contributed by atoms with Crippen molar-refractivity contribution in [3.8, 4) is 0 Å². The molecule has 0 saturated carbocycles. The van der Waals surface area contributed by atoms with Gasteiger partial charge in [0.25, 0.3) is 0 Å². The summed E-state index contributed by atoms with van der Waals surface area (Å²) in [7, 11) is 1.59. The molecule has 0 amide bonds. The van der Waals surface area contributed by atoms with Gasteiger partial charge in [-0.1, -0.05) is 30.3 Å². The van der Waals surface area contributed by atoms with Gasteiger partial charge < -0.3 is 5.73 Å². The van der Waals surface area contributed by atoms with Gasteiger partial charge in [0.15, 0.2) is 5.17 Å². The van der Waals surface area contributed by atoms with Crippen molar-refractivity contribution in [2.24, 2.45) is 10.7 Å². The Morgan fingerprint density at radius 2 is 2.16 bits per heavy atom. The van der Waals surface area contributed by atoms with Crippen molar-refractivity contribution >= 4 is 40.4 Å². The molecule has 0 aliphatic heterocycles. The van der Waals surface area contributed by atoms with Gasteiger partial charge >= 0.3 is 0 Å². The minimum Gasteiger partial charge on any atom is -0.379 e. The van der Waals surface area contributed by atoms with E-state index in [2.05, 4.69) is 15.0 Å². The van der Waals surface area contributed by atoms with Gasteiger partial charge in [-0.05, 0) is 36.3 Å². The van der Waals surface area contributed by atoms with Crippen LogP contribution in [0.15, 0.2) is 35.6 Å². The Morgan fingerprint density at radius 1 is 1.40 bits per heavy atom. The smallest absolute Gasteiger partial charge is 0.216 e. The number of aromatic nitrogens is 2. The van der Waals surface area contributed by atoms with E-state index in [0.29, 0.717) is 27.7 Å². The van der Waals surface area contributed by atoms with Gasteiger partial charge in [0.1, 0.15) is 5.83 Å². The molecule has 1 atom stereocenters. The summed E-state index contributed by atoms with van der Waals surface area (Å²) in [6.45, 7) is 1.91. The van der Waals surface area contributed by atoms with Crippen LogP contribution >= 0.6 is 23.4 Å². The second-order valence-electron chi connectivity index (χ2n) is 5.27. The number of hydrogen-bond acceptors (Lipinski definition) is 4. The van der Waals surface area contributed by atoms with Gasteiger partial charge in [-0.2, -0.15) is 4.39 Å². The summed E-state index contributed by atoms with van der Waals surface area (Å²) in [5.41, 5.74) is 6.64. The van der Waals surface area contributed by atoms with E-state index >= 15 is 0 Å². The minimum absolute atomic E-state index is 0.00186. The number of nitrogens with two attached hydrogens (primary N) is 1. The Bertz CT molecular complexity index is 794. The van der Waals surface area contributed by atoms with Crippen molar-refractivity contribution < 1.29 is 8.78 Å². The lowest BCUT2D eigenvalue weighted by atomic mass is 10.1. The summed E-state index contributed by atoms with van der Waals surface area (Å²) in [5, 5.41) is 0.849. The van der Waals surface area contributed by atoms with Crippen molar-refractivity contribution in [3.63, 3.8) is 0 Å². The van der Waals surface area contributed by atoms with Crippen molar-refractivity contribution in [1.29, 1.82) is 0 Å². The third-order valence-corrected chi connectivity index (χ3v) is 4.46. The summed E-state index contributed by atoms with van der Waals surface area (Å²) in [6, 6.07) is 4.58. The summed E-state index contributed by atoms with van der Waals surface area (Å²) in [5.74, 6) is -1.14. The second-order valence-corrected chi connectivity index (χ2v) is 7.16. The molecule has 0 aromatic carbocycles. The SMILES string of the molecule is C/N=C(/N)SC(C)Cc1cc(/C=C(/F)c2ccc(Cl)cn2)cnc1F. The highest BCUT2D eigenvalue weighted by atomic mass is 35.5. The average Bonchev–Trinajstić information content (AvgIpc) is 2.58. The molecule has 2 aromatic rings. The molecule has 0 aliphatic carbocycles. The molecular formula is C17H17ClF2N4S. The van der Waals surface area contributed by atoms with Crippen LogP contribution in [0.1, 0.15) is 23.7 Å². The zero-order valence-corrected chi connectivity index (χ0v) is 15.3. The van der Waals surface area contributed by atoms with E-state index < -0.39 is 11.8 Å². The standard InChI is InChI=1S/C17H17ClF2N4S/c1-10(25-17(21)22-2)5-12-6-11(8-24-16(12)20)7-14(19)15-4-3-13(18)9-23-15/h3-4,6-10H,5H2,1-2H3,(H2,21,22)/b14-7+. The maximum Gasteiger partial charge on any atom is 0.216 e. The predicted octanol–water partition coefficient (Wildman–Crippen LogP) is 4.35. The highest BCUT2D eigenvalue weighted by molar-refractivity contribution is 8.14. The fraction of sp³-hybridized carbons (Fsp3) is 0.235. The number of halogens is 3. The summed E-state index contributed by atoms with van der Waals surface area (Å²) >= 11 is 7.08. The van der Waals surface area contributed by atoms with Gasteiger partial charge in [0.05, 0.1) is 10.7 Å². The molecular weight excluding hydrogens is 366 g/mol. The van der Waals surface area contributed by atoms with Crippen molar-refractivity contribution in [2.75, 3.05) is 7.05 Å². The number of thioether (sulfide) groups is 1. The van der Waals surface area contributed by atoms with E-state index in [1.807, 2.05) is 6.92 Å². The first-order valence-corrected chi connectivity index (χ1v) is 8.67. The number of hydrogen-bond donors (Lipinski definition) is 1. The van der Waals surface area contributed by atoms with Crippen LogP contribution in [0, 0.1) is 5.95 Å². The number of aliphatic imine (C=N–C) groups is 1. The number of nitrogens with zero attached hydrogens (tertiary/aromatic N) is 3. The van der Waals surface area contributed by atoms with Crippen molar-refractivity contribution in [2.45, 2.75) is 18.6 Å². The summed E-state index contributed by atoms with van der Waals surface area (Å²) < 4.78 is 28.2. The van der Waals surface area contributed by atoms with Gasteiger partial charge in [0, 0.05) is 30.3 Å². The van der Waals surface area contributed by atoms with E-state index in [9.17, 15) is 8.78 Å². The zero-order valence-electron chi connectivity index (χ0n) is 13.7. The van der Waals surface area contributed by atoms with Gasteiger partial charge in [-0.25, -0.2) is 9.37 Å². The highest BCUT2D eigenvalue weighted by Crippen LogP contribution is 2.22. The molecule has 2 heterocycles. The van der Waals surface area contributed by atoms with Crippen LogP contribution < -0.4 is 5.73 Å². The fourth-order valence-corrected chi connectivity index (χ4v) is 2.97. The first-order valence-electron chi connectivity index (χ1n) is 7.41. The molecule has 0 radical (unpaired) electrons. The van der Waals surface area contributed by atoms with Gasteiger partial charge in [-0.15, -0.1) is 0 Å². The molecule has 0 spiro atoms. The lowest BCUT2D eigenvalue weighted by Crippen LogP contribution is -2.14. The van der Waals surface area contributed by atoms with Crippen LogP contribution in [-0.4, -0.2) is 27.4 Å².